The van der Waals surface area contributed by atoms with Gasteiger partial charge >= 0.3 is 17.1 Å². The molecule has 4 fully saturated rings. The van der Waals surface area contributed by atoms with Crippen LogP contribution in [0.2, 0.25) is 0 Å². The van der Waals surface area contributed by atoms with Crippen LogP contribution in [0.5, 0.6) is 11.5 Å². The summed E-state index contributed by atoms with van der Waals surface area (Å²) in [5.74, 6) is 0.931. The fraction of sp³-hybridized carbons (Fsp3) is 0.438. The van der Waals surface area contributed by atoms with E-state index in [1.54, 1.807) is 20.1 Å². The molecule has 6 aliphatic carbocycles. The van der Waals surface area contributed by atoms with Crippen molar-refractivity contribution in [1.82, 2.24) is 4.90 Å². The summed E-state index contributed by atoms with van der Waals surface area (Å²) in [5.41, 5.74) is -0.449. The molecule has 0 N–H and O–H groups in total. The van der Waals surface area contributed by atoms with Crippen LogP contribution >= 0.6 is 0 Å². The van der Waals surface area contributed by atoms with Gasteiger partial charge in [0.1, 0.15) is 17.5 Å². The van der Waals surface area contributed by atoms with Crippen LogP contribution in [0.1, 0.15) is 30.9 Å². The third kappa shape index (κ3) is 3.22. The molecule has 0 aromatic heterocycles. The van der Waals surface area contributed by atoms with Crippen LogP contribution in [0.3, 0.4) is 0 Å². The van der Waals surface area contributed by atoms with Crippen molar-refractivity contribution in [3.05, 3.63) is 99.1 Å². The smallest absolute Gasteiger partial charge is 0.870 e. The molecular formula is C32H33FeNO4. The van der Waals surface area contributed by atoms with Crippen LogP contribution in [0.15, 0.2) is 24.3 Å². The van der Waals surface area contributed by atoms with E-state index in [9.17, 15) is 10.2 Å². The molecule has 7 atom stereocenters. The van der Waals surface area contributed by atoms with E-state index >= 15 is 0 Å². The van der Waals surface area contributed by atoms with E-state index in [0.29, 0.717) is 5.75 Å². The number of rotatable bonds is 3. The number of fused-ring (bicyclic) bond motifs is 1. The molecule has 198 valence electrons. The number of nitrogens with zero attached hydrogens (tertiary/aromatic N) is 1. The summed E-state index contributed by atoms with van der Waals surface area (Å²) in [6.45, 7) is 2.75. The van der Waals surface area contributed by atoms with Crippen molar-refractivity contribution in [3.8, 4) is 11.5 Å². The van der Waals surface area contributed by atoms with Crippen LogP contribution in [0, 0.1) is 75.0 Å². The average molecular weight is 551 g/mol. The predicted molar refractivity (Wildman–Crippen MR) is 136 cm³/mol. The van der Waals surface area contributed by atoms with Crippen molar-refractivity contribution >= 4 is 0 Å². The average Bonchev–Trinajstić information content (AvgIpc) is 3.69. The molecule has 2 aliphatic heterocycles. The minimum Gasteiger partial charge on any atom is -0.870 e. The van der Waals surface area contributed by atoms with Crippen molar-refractivity contribution in [2.45, 2.75) is 54.9 Å². The van der Waals surface area contributed by atoms with Gasteiger partial charge in [-0.15, -0.1) is 5.60 Å². The molecule has 4 bridgehead atoms. The van der Waals surface area contributed by atoms with Gasteiger partial charge in [-0.25, -0.2) is 0 Å². The molecule has 0 amide bonds. The Bertz CT molecular complexity index is 1100. The molecule has 1 aromatic rings. The maximum absolute atomic E-state index is 14.4. The second-order valence-electron chi connectivity index (χ2n) is 11.8. The standard InChI is InChI=1S/C27H29NO4.C5H5.Fe/c1-24(30,17-6-4-5-7-17)19-15-25-10-11-27(19,31-3)23-26(25)12-13-28(2)20(25)14-16-8-9-18(29)22(32-23)21(16)26;1-2-4-5-3-1;/h4-11,19-20,23,29H,12-15H2,1-3H3;1-5H;/q-1;;+2/p-1/t19-,20?,23-,24?,25-,26+,27+;;/m1../s1. The van der Waals surface area contributed by atoms with Gasteiger partial charge in [-0.05, 0) is 108 Å². The Morgan fingerprint density at radius 3 is 2.39 bits per heavy atom. The SMILES string of the molecule is CO[C@@]12C=C[C@@]3(C[C@@H]1C(C)([O-])[C]1[CH][CH][CH][CH]1)C1Cc4ccc([O-])c5c4[C@@]3(CCN1C)[C@H]2O5.[CH]1[CH][CH][CH][CH]1.[Fe+2]. The first-order chi connectivity index (χ1) is 17.8. The number of methoxy groups -OCH3 is 1. The first-order valence-corrected chi connectivity index (χ1v) is 13.4. The van der Waals surface area contributed by atoms with Crippen molar-refractivity contribution in [2.24, 2.45) is 11.3 Å². The van der Waals surface area contributed by atoms with Gasteiger partial charge in [0.05, 0.1) is 5.41 Å². The quantitative estimate of drug-likeness (QED) is 0.427. The summed E-state index contributed by atoms with van der Waals surface area (Å²) in [6.07, 6.45) is 24.4. The summed E-state index contributed by atoms with van der Waals surface area (Å²) >= 11 is 0. The van der Waals surface area contributed by atoms with Gasteiger partial charge in [0, 0.05) is 24.1 Å². The number of likely N-dealkylation sites (tertiary alicyclic amines) is 1. The van der Waals surface area contributed by atoms with Gasteiger partial charge in [0.25, 0.3) is 0 Å². The van der Waals surface area contributed by atoms with Gasteiger partial charge in [-0.1, -0.05) is 37.0 Å². The Morgan fingerprint density at radius 2 is 1.74 bits per heavy atom. The van der Waals surface area contributed by atoms with E-state index in [2.05, 4.69) is 24.1 Å². The monoisotopic (exact) mass is 551 g/mol. The van der Waals surface area contributed by atoms with Crippen LogP contribution < -0.4 is 14.9 Å². The van der Waals surface area contributed by atoms with Gasteiger partial charge in [0.2, 0.25) is 0 Å². The number of benzene rings is 1. The van der Waals surface area contributed by atoms with Gasteiger partial charge in [0.15, 0.2) is 0 Å². The zero-order chi connectivity index (χ0) is 25.6. The van der Waals surface area contributed by atoms with Crippen molar-refractivity contribution in [1.29, 1.82) is 0 Å². The predicted octanol–water partition coefficient (Wildman–Crippen LogP) is 2.52. The van der Waals surface area contributed by atoms with E-state index in [4.69, 9.17) is 9.47 Å². The zero-order valence-electron chi connectivity index (χ0n) is 22.0. The zero-order valence-corrected chi connectivity index (χ0v) is 23.1. The molecule has 10 radical (unpaired) electrons. The molecule has 5 nitrogen and oxygen atoms in total. The fourth-order valence-corrected chi connectivity index (χ4v) is 8.90. The van der Waals surface area contributed by atoms with Crippen LogP contribution in [0.25, 0.3) is 0 Å². The third-order valence-corrected chi connectivity index (χ3v) is 10.5. The van der Waals surface area contributed by atoms with Crippen molar-refractivity contribution in [2.75, 3.05) is 20.7 Å². The number of hydrogen-bond acceptors (Lipinski definition) is 5. The van der Waals surface area contributed by atoms with E-state index in [0.717, 1.165) is 37.3 Å². The molecule has 1 saturated heterocycles. The Balaban J connectivity index is 0.000000398. The second kappa shape index (κ2) is 9.24. The molecule has 6 heteroatoms. The minimum atomic E-state index is -1.34. The van der Waals surface area contributed by atoms with E-state index in [1.807, 2.05) is 63.9 Å². The van der Waals surface area contributed by atoms with E-state index in [1.165, 1.54) is 5.56 Å². The molecule has 38 heavy (non-hydrogen) atoms. The Morgan fingerprint density at radius 1 is 1.05 bits per heavy atom. The van der Waals surface area contributed by atoms with Crippen LogP contribution in [-0.4, -0.2) is 49.0 Å². The molecule has 8 aliphatic rings. The van der Waals surface area contributed by atoms with Gasteiger partial charge in [-0.3, -0.25) is 0 Å². The van der Waals surface area contributed by atoms with Crippen molar-refractivity contribution in [3.63, 3.8) is 0 Å². The summed E-state index contributed by atoms with van der Waals surface area (Å²) < 4.78 is 13.0. The largest absolute Gasteiger partial charge is 2.00 e. The molecule has 2 heterocycles. The number of piperidine rings is 1. The molecule has 9 rings (SSSR count). The number of likely N-dealkylation sites (N-methyl/N-ethyl adjacent to an activating group) is 1. The molecule has 1 aromatic carbocycles. The fourth-order valence-electron chi connectivity index (χ4n) is 8.90. The molecule has 2 unspecified atom stereocenters. The molecular weight excluding hydrogens is 518 g/mol. The van der Waals surface area contributed by atoms with Gasteiger partial charge in [-0.2, -0.15) is 0 Å². The number of hydrogen-bond donors (Lipinski definition) is 0. The summed E-state index contributed by atoms with van der Waals surface area (Å²) in [4.78, 5) is 2.46. The maximum atomic E-state index is 14.4. The van der Waals surface area contributed by atoms with Crippen molar-refractivity contribution < 1.29 is 36.8 Å². The Labute approximate surface area is 238 Å². The normalized spacial score (nSPS) is 41.5. The van der Waals surface area contributed by atoms with E-state index in [-0.39, 0.29) is 51.7 Å². The second-order valence-corrected chi connectivity index (χ2v) is 11.8. The van der Waals surface area contributed by atoms with Crippen LogP contribution in [-0.2, 0) is 33.6 Å². The van der Waals surface area contributed by atoms with Gasteiger partial charge < -0.3 is 24.6 Å². The molecule has 2 spiro atoms. The maximum Gasteiger partial charge on any atom is 2.00 e. The van der Waals surface area contributed by atoms with E-state index < -0.39 is 11.2 Å². The summed E-state index contributed by atoms with van der Waals surface area (Å²) in [6, 6.07) is 3.94. The summed E-state index contributed by atoms with van der Waals surface area (Å²) in [5, 5.41) is 27.4. The first kappa shape index (κ1) is 27.1. The summed E-state index contributed by atoms with van der Waals surface area (Å²) in [7, 11) is 3.90. The topological polar surface area (TPSA) is 67.8 Å². The first-order valence-electron chi connectivity index (χ1n) is 13.4. The Kier molecular flexibility index (Phi) is 6.60. The third-order valence-electron chi connectivity index (χ3n) is 10.5. The minimum absolute atomic E-state index is 0. The van der Waals surface area contributed by atoms with Crippen LogP contribution in [0.4, 0.5) is 0 Å². The number of ether oxygens (including phenoxy) is 2. The molecule has 3 saturated carbocycles. The Hall–Kier alpha value is -1.04.